The number of nitrogens with zero attached hydrogens (tertiary/aromatic N) is 2. The van der Waals surface area contributed by atoms with Crippen LogP contribution in [-0.2, 0) is 10.2 Å². The van der Waals surface area contributed by atoms with E-state index < -0.39 is 11.4 Å². The van der Waals surface area contributed by atoms with Crippen molar-refractivity contribution in [2.24, 2.45) is 0 Å². The molecule has 2 aromatic heterocycles. The van der Waals surface area contributed by atoms with Crippen molar-refractivity contribution in [3.05, 3.63) is 36.0 Å². The van der Waals surface area contributed by atoms with E-state index in [1.54, 1.807) is 12.4 Å². The molecular weight excluding hydrogens is 230 g/mol. The molecule has 2 heterocycles. The first-order valence-electron chi connectivity index (χ1n) is 5.84. The molecule has 1 saturated carbocycles. The van der Waals surface area contributed by atoms with Crippen LogP contribution in [0.2, 0.25) is 0 Å². The Morgan fingerprint density at radius 3 is 2.61 bits per heavy atom. The summed E-state index contributed by atoms with van der Waals surface area (Å²) in [4.78, 5) is 22.8. The summed E-state index contributed by atoms with van der Waals surface area (Å²) in [7, 11) is 0. The first kappa shape index (κ1) is 11.0. The van der Waals surface area contributed by atoms with Crippen molar-refractivity contribution in [1.29, 1.82) is 0 Å². The maximum Gasteiger partial charge on any atom is 0.317 e. The van der Waals surface area contributed by atoms with Crippen LogP contribution in [-0.4, -0.2) is 26.0 Å². The van der Waals surface area contributed by atoms with E-state index in [4.69, 9.17) is 0 Å². The molecule has 5 nitrogen and oxygen atoms in total. The minimum Gasteiger partial charge on any atom is -0.480 e. The second kappa shape index (κ2) is 3.66. The molecule has 0 atom stereocenters. The molecule has 0 bridgehead atoms. The Labute approximate surface area is 104 Å². The molecule has 2 N–H and O–H groups in total. The number of aromatic nitrogens is 3. The third-order valence-corrected chi connectivity index (χ3v) is 3.45. The fourth-order valence-electron chi connectivity index (χ4n) is 2.15. The molecule has 5 heteroatoms. The van der Waals surface area contributed by atoms with Gasteiger partial charge in [0, 0.05) is 23.7 Å². The van der Waals surface area contributed by atoms with Crippen LogP contribution in [0.15, 0.2) is 24.5 Å². The Morgan fingerprint density at radius 2 is 2.06 bits per heavy atom. The van der Waals surface area contributed by atoms with E-state index in [1.807, 2.05) is 19.1 Å². The number of rotatable bonds is 3. The number of carbonyl (C=O) groups is 1. The Hall–Kier alpha value is -2.17. The first-order valence-corrected chi connectivity index (χ1v) is 5.84. The van der Waals surface area contributed by atoms with Crippen LogP contribution in [0.1, 0.15) is 24.4 Å². The van der Waals surface area contributed by atoms with Gasteiger partial charge < -0.3 is 10.1 Å². The third kappa shape index (κ3) is 1.51. The van der Waals surface area contributed by atoms with Crippen LogP contribution in [0.5, 0.6) is 0 Å². The van der Waals surface area contributed by atoms with Gasteiger partial charge in [-0.1, -0.05) is 0 Å². The second-order valence-electron chi connectivity index (χ2n) is 4.68. The summed E-state index contributed by atoms with van der Waals surface area (Å²) < 4.78 is 0. The maximum absolute atomic E-state index is 11.3. The van der Waals surface area contributed by atoms with E-state index in [9.17, 15) is 9.90 Å². The van der Waals surface area contributed by atoms with E-state index >= 15 is 0 Å². The summed E-state index contributed by atoms with van der Waals surface area (Å²) in [5.74, 6) is -0.225. The summed E-state index contributed by atoms with van der Waals surface area (Å²) in [6.07, 6.45) is 4.72. The monoisotopic (exact) mass is 243 g/mol. The van der Waals surface area contributed by atoms with E-state index in [2.05, 4.69) is 15.0 Å². The lowest BCUT2D eigenvalue weighted by Crippen LogP contribution is -2.21. The topological polar surface area (TPSA) is 78.9 Å². The quantitative estimate of drug-likeness (QED) is 0.862. The molecular formula is C13H13N3O2. The number of nitrogens with one attached hydrogen (secondary N) is 1. The first-order chi connectivity index (χ1) is 8.63. The minimum atomic E-state index is -0.794. The van der Waals surface area contributed by atoms with Gasteiger partial charge in [0.15, 0.2) is 0 Å². The average molecular weight is 243 g/mol. The van der Waals surface area contributed by atoms with Crippen molar-refractivity contribution < 1.29 is 9.90 Å². The van der Waals surface area contributed by atoms with Gasteiger partial charge in [-0.3, -0.25) is 9.78 Å². The lowest BCUT2D eigenvalue weighted by Gasteiger charge is -2.04. The van der Waals surface area contributed by atoms with E-state index in [0.717, 1.165) is 17.0 Å². The van der Waals surface area contributed by atoms with Gasteiger partial charge >= 0.3 is 5.97 Å². The number of carboxylic acids is 1. The van der Waals surface area contributed by atoms with E-state index in [1.165, 1.54) is 0 Å². The third-order valence-electron chi connectivity index (χ3n) is 3.45. The molecule has 0 spiro atoms. The van der Waals surface area contributed by atoms with Gasteiger partial charge in [-0.05, 0) is 31.9 Å². The molecule has 1 aliphatic rings. The van der Waals surface area contributed by atoms with Crippen molar-refractivity contribution >= 4 is 5.97 Å². The summed E-state index contributed by atoms with van der Waals surface area (Å²) in [6.45, 7) is 1.91. The van der Waals surface area contributed by atoms with E-state index in [0.29, 0.717) is 18.7 Å². The predicted molar refractivity (Wildman–Crippen MR) is 65.1 cm³/mol. The molecule has 92 valence electrons. The van der Waals surface area contributed by atoms with Crippen LogP contribution in [0.25, 0.3) is 11.3 Å². The van der Waals surface area contributed by atoms with Gasteiger partial charge in [-0.2, -0.15) is 0 Å². The Bertz CT molecular complexity index is 600. The number of pyridine rings is 1. The SMILES string of the molecule is Cc1[nH]c(C2(C(=O)O)CC2)nc1-c1ccncc1. The fraction of sp³-hybridized carbons (Fsp3) is 0.308. The van der Waals surface area contributed by atoms with Crippen molar-refractivity contribution in [1.82, 2.24) is 15.0 Å². The van der Waals surface area contributed by atoms with Crippen molar-refractivity contribution in [2.45, 2.75) is 25.2 Å². The highest BCUT2D eigenvalue weighted by molar-refractivity contribution is 5.84. The van der Waals surface area contributed by atoms with Crippen molar-refractivity contribution in [3.8, 4) is 11.3 Å². The van der Waals surface area contributed by atoms with Crippen molar-refractivity contribution in [2.75, 3.05) is 0 Å². The minimum absolute atomic E-state index is 0.569. The Kier molecular flexibility index (Phi) is 2.23. The standard InChI is InChI=1S/C13H13N3O2/c1-8-10(9-2-6-14-7-3-9)16-11(15-8)13(4-5-13)12(17)18/h2-3,6-7H,4-5H2,1H3,(H,15,16)(H,17,18). The second-order valence-corrected chi connectivity index (χ2v) is 4.68. The number of hydrogen-bond acceptors (Lipinski definition) is 3. The lowest BCUT2D eigenvalue weighted by molar-refractivity contribution is -0.140. The van der Waals surface area contributed by atoms with Gasteiger partial charge in [-0.15, -0.1) is 0 Å². The zero-order chi connectivity index (χ0) is 12.8. The van der Waals surface area contributed by atoms with Gasteiger partial charge in [0.2, 0.25) is 0 Å². The van der Waals surface area contributed by atoms with Crippen LogP contribution in [0.4, 0.5) is 0 Å². The number of imidazole rings is 1. The Morgan fingerprint density at radius 1 is 1.39 bits per heavy atom. The summed E-state index contributed by atoms with van der Waals surface area (Å²) in [5.41, 5.74) is 1.87. The number of aliphatic carboxylic acids is 1. The maximum atomic E-state index is 11.3. The highest BCUT2D eigenvalue weighted by atomic mass is 16.4. The van der Waals surface area contributed by atoms with Crippen LogP contribution >= 0.6 is 0 Å². The molecule has 1 aliphatic carbocycles. The molecule has 0 saturated heterocycles. The van der Waals surface area contributed by atoms with Crippen LogP contribution in [0, 0.1) is 6.92 Å². The Balaban J connectivity index is 2.05. The molecule has 2 aromatic rings. The molecule has 0 aromatic carbocycles. The fourth-order valence-corrected chi connectivity index (χ4v) is 2.15. The summed E-state index contributed by atoms with van der Waals surface area (Å²) in [5, 5.41) is 9.26. The predicted octanol–water partition coefficient (Wildman–Crippen LogP) is 1.90. The summed E-state index contributed by atoms with van der Waals surface area (Å²) >= 11 is 0. The molecule has 0 aliphatic heterocycles. The summed E-state index contributed by atoms with van der Waals surface area (Å²) in [6, 6.07) is 3.74. The lowest BCUT2D eigenvalue weighted by atomic mass is 10.1. The molecule has 0 unspecified atom stereocenters. The van der Waals surface area contributed by atoms with Crippen molar-refractivity contribution in [3.63, 3.8) is 0 Å². The van der Waals surface area contributed by atoms with Crippen LogP contribution < -0.4 is 0 Å². The number of hydrogen-bond donors (Lipinski definition) is 2. The molecule has 18 heavy (non-hydrogen) atoms. The number of carboxylic acid groups (broad SMARTS) is 1. The number of H-pyrrole nitrogens is 1. The molecule has 1 fully saturated rings. The van der Waals surface area contributed by atoms with Crippen LogP contribution in [0.3, 0.4) is 0 Å². The van der Waals surface area contributed by atoms with Gasteiger partial charge in [0.05, 0.1) is 5.69 Å². The van der Waals surface area contributed by atoms with Gasteiger partial charge in [-0.25, -0.2) is 4.98 Å². The van der Waals surface area contributed by atoms with Gasteiger partial charge in [0.1, 0.15) is 11.2 Å². The zero-order valence-electron chi connectivity index (χ0n) is 9.97. The molecule has 0 radical (unpaired) electrons. The highest BCUT2D eigenvalue weighted by Crippen LogP contribution is 2.47. The number of aryl methyl sites for hydroxylation is 1. The van der Waals surface area contributed by atoms with E-state index in [-0.39, 0.29) is 0 Å². The highest BCUT2D eigenvalue weighted by Gasteiger charge is 2.54. The molecule has 3 rings (SSSR count). The largest absolute Gasteiger partial charge is 0.480 e. The molecule has 0 amide bonds. The number of aromatic amines is 1. The van der Waals surface area contributed by atoms with Gasteiger partial charge in [0.25, 0.3) is 0 Å². The smallest absolute Gasteiger partial charge is 0.317 e. The normalized spacial score (nSPS) is 16.5. The zero-order valence-corrected chi connectivity index (χ0v) is 9.97. The average Bonchev–Trinajstić information content (AvgIpc) is 3.09.